The van der Waals surface area contributed by atoms with Crippen molar-refractivity contribution < 1.29 is 8.42 Å². The Morgan fingerprint density at radius 1 is 1.47 bits per heavy atom. The van der Waals surface area contributed by atoms with Gasteiger partial charge in [0.25, 0.3) is 0 Å². The van der Waals surface area contributed by atoms with Crippen molar-refractivity contribution in [2.75, 3.05) is 17.8 Å². The summed E-state index contributed by atoms with van der Waals surface area (Å²) in [5.74, 6) is 0.396. The van der Waals surface area contributed by atoms with Gasteiger partial charge < -0.3 is 0 Å². The second-order valence-corrected chi connectivity index (χ2v) is 7.80. The van der Waals surface area contributed by atoms with Crippen molar-refractivity contribution in [2.45, 2.75) is 19.8 Å². The standard InChI is InChI=1S/C12H16BrClN2O2S/c1-9-3-2-6-16(8-9)19(17,18)15-12-7-10(14)4-5-11(12)13/h4-5,7,9,15H,2-3,6,8H2,1H3. The Balaban J connectivity index is 2.18. The number of rotatable bonds is 3. The van der Waals surface area contributed by atoms with Crippen molar-refractivity contribution in [3.05, 3.63) is 27.7 Å². The molecule has 1 aromatic rings. The number of hydrogen-bond donors (Lipinski definition) is 1. The van der Waals surface area contributed by atoms with Gasteiger partial charge in [-0.2, -0.15) is 12.7 Å². The van der Waals surface area contributed by atoms with Gasteiger partial charge in [0, 0.05) is 22.6 Å². The first-order chi connectivity index (χ1) is 8.88. The van der Waals surface area contributed by atoms with E-state index in [0.717, 1.165) is 12.8 Å². The summed E-state index contributed by atoms with van der Waals surface area (Å²) >= 11 is 9.20. The first kappa shape index (κ1) is 15.1. The molecule has 1 heterocycles. The predicted octanol–water partition coefficient (Wildman–Crippen LogP) is 3.49. The second kappa shape index (κ2) is 5.99. The molecule has 0 aromatic heterocycles. The summed E-state index contributed by atoms with van der Waals surface area (Å²) in [6.07, 6.45) is 1.98. The Morgan fingerprint density at radius 2 is 2.21 bits per heavy atom. The van der Waals surface area contributed by atoms with E-state index < -0.39 is 10.2 Å². The molecule has 0 amide bonds. The highest BCUT2D eigenvalue weighted by Gasteiger charge is 2.27. The number of anilines is 1. The molecule has 0 radical (unpaired) electrons. The first-order valence-corrected chi connectivity index (χ1v) is 8.72. The molecule has 0 bridgehead atoms. The van der Waals surface area contributed by atoms with Crippen molar-refractivity contribution in [2.24, 2.45) is 5.92 Å². The molecule has 7 heteroatoms. The van der Waals surface area contributed by atoms with E-state index in [2.05, 4.69) is 27.6 Å². The van der Waals surface area contributed by atoms with E-state index in [4.69, 9.17) is 11.6 Å². The van der Waals surface area contributed by atoms with Crippen LogP contribution in [-0.2, 0) is 10.2 Å². The van der Waals surface area contributed by atoms with Crippen molar-refractivity contribution in [1.82, 2.24) is 4.31 Å². The number of benzene rings is 1. The molecule has 0 aliphatic carbocycles. The van der Waals surface area contributed by atoms with Crippen LogP contribution in [0.4, 0.5) is 5.69 Å². The molecule has 1 unspecified atom stereocenters. The van der Waals surface area contributed by atoms with Gasteiger partial charge in [-0.15, -0.1) is 0 Å². The van der Waals surface area contributed by atoms with Crippen LogP contribution < -0.4 is 4.72 Å². The minimum Gasteiger partial charge on any atom is -0.270 e. The van der Waals surface area contributed by atoms with Crippen LogP contribution in [-0.4, -0.2) is 25.8 Å². The van der Waals surface area contributed by atoms with Gasteiger partial charge in [0.15, 0.2) is 0 Å². The molecular weight excluding hydrogens is 352 g/mol. The highest BCUT2D eigenvalue weighted by atomic mass is 79.9. The van der Waals surface area contributed by atoms with Gasteiger partial charge in [-0.1, -0.05) is 18.5 Å². The van der Waals surface area contributed by atoms with Crippen LogP contribution in [0, 0.1) is 5.92 Å². The first-order valence-electron chi connectivity index (χ1n) is 6.11. The van der Waals surface area contributed by atoms with E-state index in [0.29, 0.717) is 34.2 Å². The maximum atomic E-state index is 12.3. The topological polar surface area (TPSA) is 49.4 Å². The lowest BCUT2D eigenvalue weighted by molar-refractivity contribution is 0.282. The van der Waals surface area contributed by atoms with E-state index >= 15 is 0 Å². The molecule has 0 saturated carbocycles. The molecule has 1 fully saturated rings. The predicted molar refractivity (Wildman–Crippen MR) is 81.7 cm³/mol. The summed E-state index contributed by atoms with van der Waals surface area (Å²) in [4.78, 5) is 0. The fourth-order valence-corrected chi connectivity index (χ4v) is 4.19. The monoisotopic (exact) mass is 366 g/mol. The van der Waals surface area contributed by atoms with E-state index in [9.17, 15) is 8.42 Å². The van der Waals surface area contributed by atoms with Crippen molar-refractivity contribution in [1.29, 1.82) is 0 Å². The average molecular weight is 368 g/mol. The molecular formula is C12H16BrClN2O2S. The van der Waals surface area contributed by atoms with E-state index in [1.165, 1.54) is 4.31 Å². The third-order valence-electron chi connectivity index (χ3n) is 3.13. The molecule has 2 rings (SSSR count). The quantitative estimate of drug-likeness (QED) is 0.889. The molecule has 1 aliphatic heterocycles. The van der Waals surface area contributed by atoms with Gasteiger partial charge in [0.05, 0.1) is 5.69 Å². The highest BCUT2D eigenvalue weighted by molar-refractivity contribution is 9.10. The summed E-state index contributed by atoms with van der Waals surface area (Å²) in [5, 5.41) is 0.493. The SMILES string of the molecule is CC1CCCN(S(=O)(=O)Nc2cc(Cl)ccc2Br)C1. The van der Waals surface area contributed by atoms with E-state index in [1.807, 2.05) is 0 Å². The van der Waals surface area contributed by atoms with E-state index in [-0.39, 0.29) is 0 Å². The third kappa shape index (κ3) is 3.84. The van der Waals surface area contributed by atoms with Crippen molar-refractivity contribution >= 4 is 43.4 Å². The van der Waals surface area contributed by atoms with Crippen molar-refractivity contribution in [3.63, 3.8) is 0 Å². The maximum absolute atomic E-state index is 12.3. The van der Waals surface area contributed by atoms with Crippen LogP contribution in [0.3, 0.4) is 0 Å². The molecule has 1 aromatic carbocycles. The van der Waals surface area contributed by atoms with Gasteiger partial charge in [0.1, 0.15) is 0 Å². The zero-order chi connectivity index (χ0) is 14.0. The maximum Gasteiger partial charge on any atom is 0.301 e. The number of halogens is 2. The molecule has 1 saturated heterocycles. The molecule has 1 atom stereocenters. The fourth-order valence-electron chi connectivity index (χ4n) is 2.14. The lowest BCUT2D eigenvalue weighted by Crippen LogP contribution is -2.42. The van der Waals surface area contributed by atoms with Crippen LogP contribution in [0.25, 0.3) is 0 Å². The lowest BCUT2D eigenvalue weighted by Gasteiger charge is -2.30. The number of nitrogens with one attached hydrogen (secondary N) is 1. The van der Waals surface area contributed by atoms with Gasteiger partial charge in [-0.25, -0.2) is 0 Å². The van der Waals surface area contributed by atoms with Crippen LogP contribution in [0.15, 0.2) is 22.7 Å². The van der Waals surface area contributed by atoms with Gasteiger partial charge in [-0.05, 0) is 52.9 Å². The Morgan fingerprint density at radius 3 is 2.89 bits per heavy atom. The Labute approximate surface area is 127 Å². The molecule has 19 heavy (non-hydrogen) atoms. The minimum atomic E-state index is -3.51. The normalized spacial score (nSPS) is 21.3. The van der Waals surface area contributed by atoms with Crippen LogP contribution >= 0.6 is 27.5 Å². The zero-order valence-electron chi connectivity index (χ0n) is 10.6. The Hall–Kier alpha value is -0.300. The number of nitrogens with zero attached hydrogens (tertiary/aromatic N) is 1. The van der Waals surface area contributed by atoms with Crippen LogP contribution in [0.5, 0.6) is 0 Å². The molecule has 1 N–H and O–H groups in total. The second-order valence-electron chi connectivity index (χ2n) is 4.84. The average Bonchev–Trinajstić information content (AvgIpc) is 2.33. The van der Waals surface area contributed by atoms with Crippen LogP contribution in [0.1, 0.15) is 19.8 Å². The molecule has 106 valence electrons. The Bertz CT molecular complexity index is 565. The Kier molecular flexibility index (Phi) is 4.76. The van der Waals surface area contributed by atoms with Crippen molar-refractivity contribution in [3.8, 4) is 0 Å². The fraction of sp³-hybridized carbons (Fsp3) is 0.500. The summed E-state index contributed by atoms with van der Waals surface area (Å²) in [6.45, 7) is 3.20. The summed E-state index contributed by atoms with van der Waals surface area (Å²) in [7, 11) is -3.51. The third-order valence-corrected chi connectivity index (χ3v) is 5.54. The van der Waals surface area contributed by atoms with Gasteiger partial charge >= 0.3 is 10.2 Å². The summed E-state index contributed by atoms with van der Waals surface area (Å²) in [6, 6.07) is 5.02. The van der Waals surface area contributed by atoms with Gasteiger partial charge in [0.2, 0.25) is 0 Å². The lowest BCUT2D eigenvalue weighted by atomic mass is 10.0. The number of piperidine rings is 1. The van der Waals surface area contributed by atoms with Gasteiger partial charge in [-0.3, -0.25) is 4.72 Å². The largest absolute Gasteiger partial charge is 0.301 e. The summed E-state index contributed by atoms with van der Waals surface area (Å²) in [5.41, 5.74) is 0.464. The molecule has 0 spiro atoms. The zero-order valence-corrected chi connectivity index (χ0v) is 13.7. The van der Waals surface area contributed by atoms with E-state index in [1.54, 1.807) is 18.2 Å². The molecule has 4 nitrogen and oxygen atoms in total. The molecule has 1 aliphatic rings. The number of hydrogen-bond acceptors (Lipinski definition) is 2. The minimum absolute atomic E-state index is 0.396. The highest BCUT2D eigenvalue weighted by Crippen LogP contribution is 2.28. The smallest absolute Gasteiger partial charge is 0.270 e. The van der Waals surface area contributed by atoms with Crippen LogP contribution in [0.2, 0.25) is 5.02 Å². The summed E-state index contributed by atoms with van der Waals surface area (Å²) < 4.78 is 29.4.